The predicted octanol–water partition coefficient (Wildman–Crippen LogP) is 2.45. The highest BCUT2D eigenvalue weighted by Crippen LogP contribution is 2.14. The largest absolute Gasteiger partial charge is 0.396 e. The third kappa shape index (κ3) is 5.25. The SMILES string of the molecule is OCCCCNCc1cc(F)cc(Br)c1. The van der Waals surface area contributed by atoms with Gasteiger partial charge in [0.2, 0.25) is 0 Å². The Hall–Kier alpha value is -0.450. The van der Waals surface area contributed by atoms with E-state index in [1.54, 1.807) is 0 Å². The van der Waals surface area contributed by atoms with E-state index in [2.05, 4.69) is 21.2 Å². The number of aliphatic hydroxyl groups is 1. The van der Waals surface area contributed by atoms with Crippen molar-refractivity contribution in [3.63, 3.8) is 0 Å². The van der Waals surface area contributed by atoms with Gasteiger partial charge in [-0.1, -0.05) is 15.9 Å². The van der Waals surface area contributed by atoms with E-state index in [4.69, 9.17) is 5.11 Å². The highest BCUT2D eigenvalue weighted by atomic mass is 79.9. The lowest BCUT2D eigenvalue weighted by Gasteiger charge is -2.05. The van der Waals surface area contributed by atoms with Crippen LogP contribution in [0, 0.1) is 5.82 Å². The van der Waals surface area contributed by atoms with Crippen LogP contribution in [0.3, 0.4) is 0 Å². The van der Waals surface area contributed by atoms with Crippen LogP contribution in [-0.4, -0.2) is 18.3 Å². The second-order valence-corrected chi connectivity index (χ2v) is 4.30. The summed E-state index contributed by atoms with van der Waals surface area (Å²) in [4.78, 5) is 0. The molecule has 0 aliphatic rings. The lowest BCUT2D eigenvalue weighted by molar-refractivity contribution is 0.283. The lowest BCUT2D eigenvalue weighted by atomic mass is 10.2. The maximum Gasteiger partial charge on any atom is 0.124 e. The van der Waals surface area contributed by atoms with Gasteiger partial charge in [0.05, 0.1) is 0 Å². The summed E-state index contributed by atoms with van der Waals surface area (Å²) in [5.74, 6) is -0.225. The lowest BCUT2D eigenvalue weighted by Crippen LogP contribution is -2.15. The molecule has 0 aliphatic carbocycles. The first-order valence-corrected chi connectivity index (χ1v) is 5.78. The first-order chi connectivity index (χ1) is 7.22. The maximum atomic E-state index is 13.0. The van der Waals surface area contributed by atoms with E-state index < -0.39 is 0 Å². The number of hydrogen-bond donors (Lipinski definition) is 2. The average molecular weight is 276 g/mol. The van der Waals surface area contributed by atoms with Crippen LogP contribution in [-0.2, 0) is 6.54 Å². The molecule has 4 heteroatoms. The van der Waals surface area contributed by atoms with Crippen LogP contribution >= 0.6 is 15.9 Å². The highest BCUT2D eigenvalue weighted by molar-refractivity contribution is 9.10. The number of nitrogens with one attached hydrogen (secondary N) is 1. The molecule has 0 radical (unpaired) electrons. The molecular formula is C11H15BrFNO. The maximum absolute atomic E-state index is 13.0. The van der Waals surface area contributed by atoms with Crippen LogP contribution in [0.25, 0.3) is 0 Å². The topological polar surface area (TPSA) is 32.3 Å². The average Bonchev–Trinajstić information content (AvgIpc) is 2.16. The molecule has 0 unspecified atom stereocenters. The molecule has 0 aliphatic heterocycles. The van der Waals surface area contributed by atoms with E-state index in [9.17, 15) is 4.39 Å². The molecule has 15 heavy (non-hydrogen) atoms. The minimum Gasteiger partial charge on any atom is -0.396 e. The van der Waals surface area contributed by atoms with E-state index in [-0.39, 0.29) is 12.4 Å². The van der Waals surface area contributed by atoms with Crippen LogP contribution in [0.5, 0.6) is 0 Å². The van der Waals surface area contributed by atoms with Crippen molar-refractivity contribution in [3.05, 3.63) is 34.1 Å². The highest BCUT2D eigenvalue weighted by Gasteiger charge is 1.98. The molecule has 0 fully saturated rings. The molecular weight excluding hydrogens is 261 g/mol. The van der Waals surface area contributed by atoms with Gasteiger partial charge in [-0.25, -0.2) is 4.39 Å². The normalized spacial score (nSPS) is 10.6. The summed E-state index contributed by atoms with van der Waals surface area (Å²) in [6, 6.07) is 4.85. The minimum absolute atomic E-state index is 0.225. The van der Waals surface area contributed by atoms with Crippen molar-refractivity contribution in [1.29, 1.82) is 0 Å². The molecule has 0 aromatic heterocycles. The Kier molecular flexibility index (Phi) is 5.83. The van der Waals surface area contributed by atoms with Crippen molar-refractivity contribution in [2.75, 3.05) is 13.2 Å². The molecule has 1 aromatic carbocycles. The molecule has 0 bridgehead atoms. The Morgan fingerprint density at radius 3 is 2.73 bits per heavy atom. The zero-order chi connectivity index (χ0) is 11.1. The molecule has 0 spiro atoms. The molecule has 0 heterocycles. The summed E-state index contributed by atoms with van der Waals surface area (Å²) in [5.41, 5.74) is 0.922. The van der Waals surface area contributed by atoms with Gasteiger partial charge in [0.15, 0.2) is 0 Å². The van der Waals surface area contributed by atoms with Crippen LogP contribution in [0.4, 0.5) is 4.39 Å². The Bertz CT molecular complexity index is 286. The fourth-order valence-corrected chi connectivity index (χ4v) is 1.82. The molecule has 1 rings (SSSR count). The van der Waals surface area contributed by atoms with Crippen molar-refractivity contribution < 1.29 is 9.50 Å². The fraction of sp³-hybridized carbons (Fsp3) is 0.455. The van der Waals surface area contributed by atoms with Gasteiger partial charge in [-0.15, -0.1) is 0 Å². The summed E-state index contributed by atoms with van der Waals surface area (Å²) < 4.78 is 13.7. The second kappa shape index (κ2) is 6.93. The van der Waals surface area contributed by atoms with Gasteiger partial charge in [-0.05, 0) is 43.1 Å². The zero-order valence-corrected chi connectivity index (χ0v) is 10.1. The summed E-state index contributed by atoms with van der Waals surface area (Å²) >= 11 is 3.25. The zero-order valence-electron chi connectivity index (χ0n) is 8.47. The number of rotatable bonds is 6. The number of hydrogen-bond acceptors (Lipinski definition) is 2. The van der Waals surface area contributed by atoms with Gasteiger partial charge in [-0.2, -0.15) is 0 Å². The Morgan fingerprint density at radius 2 is 2.07 bits per heavy atom. The van der Waals surface area contributed by atoms with Crippen molar-refractivity contribution in [1.82, 2.24) is 5.32 Å². The number of aliphatic hydroxyl groups excluding tert-OH is 1. The summed E-state index contributed by atoms with van der Waals surface area (Å²) in [5, 5.41) is 11.8. The van der Waals surface area contributed by atoms with Crippen LogP contribution in [0.2, 0.25) is 0 Å². The first-order valence-electron chi connectivity index (χ1n) is 4.99. The predicted molar refractivity (Wildman–Crippen MR) is 62.1 cm³/mol. The Labute approximate surface area is 97.6 Å². The summed E-state index contributed by atoms with van der Waals surface area (Å²) in [6.45, 7) is 1.73. The van der Waals surface area contributed by atoms with Crippen molar-refractivity contribution in [2.45, 2.75) is 19.4 Å². The number of unbranched alkanes of at least 4 members (excludes halogenated alkanes) is 1. The summed E-state index contributed by atoms with van der Waals surface area (Å²) in [6.07, 6.45) is 1.74. The van der Waals surface area contributed by atoms with E-state index in [1.165, 1.54) is 12.1 Å². The molecule has 0 saturated carbocycles. The van der Waals surface area contributed by atoms with Gasteiger partial charge in [0.25, 0.3) is 0 Å². The third-order valence-corrected chi connectivity index (χ3v) is 2.47. The van der Waals surface area contributed by atoms with Crippen LogP contribution in [0.15, 0.2) is 22.7 Å². The van der Waals surface area contributed by atoms with E-state index in [0.29, 0.717) is 6.54 Å². The number of halogens is 2. The fourth-order valence-electron chi connectivity index (χ4n) is 1.31. The second-order valence-electron chi connectivity index (χ2n) is 3.39. The summed E-state index contributed by atoms with van der Waals surface area (Å²) in [7, 11) is 0. The van der Waals surface area contributed by atoms with Gasteiger partial charge in [-0.3, -0.25) is 0 Å². The van der Waals surface area contributed by atoms with Crippen LogP contribution < -0.4 is 5.32 Å². The van der Waals surface area contributed by atoms with E-state index in [1.807, 2.05) is 6.07 Å². The molecule has 84 valence electrons. The minimum atomic E-state index is -0.225. The van der Waals surface area contributed by atoms with E-state index >= 15 is 0 Å². The molecule has 0 amide bonds. The smallest absolute Gasteiger partial charge is 0.124 e. The monoisotopic (exact) mass is 275 g/mol. The third-order valence-electron chi connectivity index (χ3n) is 2.01. The van der Waals surface area contributed by atoms with Crippen molar-refractivity contribution in [3.8, 4) is 0 Å². The van der Waals surface area contributed by atoms with Crippen molar-refractivity contribution >= 4 is 15.9 Å². The van der Waals surface area contributed by atoms with Gasteiger partial charge >= 0.3 is 0 Å². The molecule has 2 nitrogen and oxygen atoms in total. The molecule has 0 saturated heterocycles. The van der Waals surface area contributed by atoms with Gasteiger partial charge in [0.1, 0.15) is 5.82 Å². The Morgan fingerprint density at radius 1 is 1.27 bits per heavy atom. The van der Waals surface area contributed by atoms with Gasteiger partial charge in [0, 0.05) is 17.6 Å². The number of benzene rings is 1. The molecule has 0 atom stereocenters. The standard InChI is InChI=1S/C11H15BrFNO/c12-10-5-9(6-11(13)7-10)8-14-3-1-2-4-15/h5-7,14-15H,1-4,8H2. The quantitative estimate of drug-likeness (QED) is 0.782. The van der Waals surface area contributed by atoms with Gasteiger partial charge < -0.3 is 10.4 Å². The van der Waals surface area contributed by atoms with E-state index in [0.717, 1.165) is 29.4 Å². The van der Waals surface area contributed by atoms with Crippen molar-refractivity contribution in [2.24, 2.45) is 0 Å². The Balaban J connectivity index is 2.31. The first kappa shape index (κ1) is 12.6. The molecule has 1 aromatic rings. The van der Waals surface area contributed by atoms with Crippen LogP contribution in [0.1, 0.15) is 18.4 Å². The molecule has 2 N–H and O–H groups in total.